The number of Topliss-reactive ketones (excluding diaryl/α,β-unsaturated/α-hetero) is 1. The van der Waals surface area contributed by atoms with Crippen molar-refractivity contribution in [2.24, 2.45) is 5.92 Å². The maximum absolute atomic E-state index is 10.9. The van der Waals surface area contributed by atoms with Gasteiger partial charge in [-0.1, -0.05) is 23.7 Å². The molecule has 2 rings (SSSR count). The first-order chi connectivity index (χ1) is 7.15. The second-order valence-electron chi connectivity index (χ2n) is 4.50. The van der Waals surface area contributed by atoms with E-state index >= 15 is 0 Å². The van der Waals surface area contributed by atoms with E-state index in [1.807, 2.05) is 18.2 Å². The number of ketones is 1. The van der Waals surface area contributed by atoms with Gasteiger partial charge in [-0.3, -0.25) is 0 Å². The van der Waals surface area contributed by atoms with Gasteiger partial charge in [-0.15, -0.1) is 0 Å². The topological polar surface area (TPSA) is 17.1 Å². The first kappa shape index (κ1) is 10.7. The monoisotopic (exact) mass is 222 g/mol. The Kier molecular flexibility index (Phi) is 3.11. The SMILES string of the molecule is CC(=O)CC1CC(c2cccc(Cl)c2)C1. The molecule has 1 saturated carbocycles. The first-order valence-electron chi connectivity index (χ1n) is 5.40. The molecular formula is C13H15ClO. The van der Waals surface area contributed by atoms with Crippen LogP contribution in [0.25, 0.3) is 0 Å². The summed E-state index contributed by atoms with van der Waals surface area (Å²) in [5.41, 5.74) is 1.32. The molecule has 1 aliphatic rings. The van der Waals surface area contributed by atoms with E-state index in [1.54, 1.807) is 6.92 Å². The number of carbonyl (C=O) groups excluding carboxylic acids is 1. The summed E-state index contributed by atoms with van der Waals surface area (Å²) in [4.78, 5) is 10.9. The van der Waals surface area contributed by atoms with E-state index in [2.05, 4.69) is 6.07 Å². The minimum atomic E-state index is 0.310. The van der Waals surface area contributed by atoms with Gasteiger partial charge in [-0.2, -0.15) is 0 Å². The zero-order chi connectivity index (χ0) is 10.8. The summed E-state index contributed by atoms with van der Waals surface area (Å²) >= 11 is 5.94. The summed E-state index contributed by atoms with van der Waals surface area (Å²) in [6.45, 7) is 1.67. The molecule has 0 saturated heterocycles. The maximum Gasteiger partial charge on any atom is 0.130 e. The van der Waals surface area contributed by atoms with E-state index in [9.17, 15) is 4.79 Å². The van der Waals surface area contributed by atoms with Crippen LogP contribution in [0.2, 0.25) is 5.02 Å². The Morgan fingerprint density at radius 1 is 1.47 bits per heavy atom. The summed E-state index contributed by atoms with van der Waals surface area (Å²) in [7, 11) is 0. The summed E-state index contributed by atoms with van der Waals surface area (Å²) < 4.78 is 0. The summed E-state index contributed by atoms with van der Waals surface area (Å²) in [6, 6.07) is 8.06. The minimum absolute atomic E-state index is 0.310. The van der Waals surface area contributed by atoms with Crippen LogP contribution in [0.4, 0.5) is 0 Å². The molecule has 0 amide bonds. The number of halogens is 1. The van der Waals surface area contributed by atoms with E-state index in [-0.39, 0.29) is 0 Å². The molecule has 0 aromatic heterocycles. The zero-order valence-electron chi connectivity index (χ0n) is 8.87. The van der Waals surface area contributed by atoms with E-state index in [0.717, 1.165) is 24.3 Å². The Bertz CT molecular complexity index is 367. The smallest absolute Gasteiger partial charge is 0.130 e. The summed E-state index contributed by atoms with van der Waals surface area (Å²) in [5.74, 6) is 1.53. The third kappa shape index (κ3) is 2.60. The lowest BCUT2D eigenvalue weighted by molar-refractivity contribution is -0.118. The molecular weight excluding hydrogens is 208 g/mol. The van der Waals surface area contributed by atoms with Gasteiger partial charge < -0.3 is 4.79 Å². The van der Waals surface area contributed by atoms with Gasteiger partial charge in [-0.05, 0) is 49.3 Å². The molecule has 0 N–H and O–H groups in total. The first-order valence-corrected chi connectivity index (χ1v) is 5.78. The van der Waals surface area contributed by atoms with E-state index in [1.165, 1.54) is 5.56 Å². The molecule has 0 atom stereocenters. The van der Waals surface area contributed by atoms with Crippen LogP contribution in [0, 0.1) is 5.92 Å². The molecule has 0 unspecified atom stereocenters. The normalized spacial score (nSPS) is 24.7. The molecule has 1 aromatic carbocycles. The lowest BCUT2D eigenvalue weighted by Gasteiger charge is -2.35. The van der Waals surface area contributed by atoms with Crippen molar-refractivity contribution in [1.29, 1.82) is 0 Å². The van der Waals surface area contributed by atoms with Crippen LogP contribution in [0.15, 0.2) is 24.3 Å². The van der Waals surface area contributed by atoms with E-state index < -0.39 is 0 Å². The van der Waals surface area contributed by atoms with Gasteiger partial charge in [0.1, 0.15) is 5.78 Å². The van der Waals surface area contributed by atoms with E-state index in [4.69, 9.17) is 11.6 Å². The Balaban J connectivity index is 1.92. The van der Waals surface area contributed by atoms with Crippen molar-refractivity contribution >= 4 is 17.4 Å². The predicted molar refractivity (Wildman–Crippen MR) is 62.2 cm³/mol. The highest BCUT2D eigenvalue weighted by atomic mass is 35.5. The van der Waals surface area contributed by atoms with Crippen LogP contribution in [0.5, 0.6) is 0 Å². The van der Waals surface area contributed by atoms with Crippen LogP contribution < -0.4 is 0 Å². The number of carbonyl (C=O) groups is 1. The van der Waals surface area contributed by atoms with Gasteiger partial charge >= 0.3 is 0 Å². The highest BCUT2D eigenvalue weighted by Gasteiger charge is 2.30. The molecule has 1 nitrogen and oxygen atoms in total. The molecule has 15 heavy (non-hydrogen) atoms. The average molecular weight is 223 g/mol. The number of benzene rings is 1. The van der Waals surface area contributed by atoms with Crippen molar-refractivity contribution in [3.63, 3.8) is 0 Å². The minimum Gasteiger partial charge on any atom is -0.300 e. The van der Waals surface area contributed by atoms with Gasteiger partial charge in [0.15, 0.2) is 0 Å². The Hall–Kier alpha value is -0.820. The van der Waals surface area contributed by atoms with Crippen LogP contribution >= 0.6 is 11.6 Å². The molecule has 0 spiro atoms. The zero-order valence-corrected chi connectivity index (χ0v) is 9.63. The van der Waals surface area contributed by atoms with E-state index in [0.29, 0.717) is 17.6 Å². The largest absolute Gasteiger partial charge is 0.300 e. The predicted octanol–water partition coefficient (Wildman–Crippen LogP) is 3.81. The average Bonchev–Trinajstić information content (AvgIpc) is 2.10. The highest BCUT2D eigenvalue weighted by molar-refractivity contribution is 6.30. The van der Waals surface area contributed by atoms with Gasteiger partial charge in [-0.25, -0.2) is 0 Å². The van der Waals surface area contributed by atoms with Crippen LogP contribution in [0.1, 0.15) is 37.7 Å². The van der Waals surface area contributed by atoms with Gasteiger partial charge in [0.2, 0.25) is 0 Å². The summed E-state index contributed by atoms with van der Waals surface area (Å²) in [6.07, 6.45) is 3.02. The summed E-state index contributed by atoms with van der Waals surface area (Å²) in [5, 5.41) is 0.808. The fraction of sp³-hybridized carbons (Fsp3) is 0.462. The molecule has 0 radical (unpaired) electrons. The van der Waals surface area contributed by atoms with Crippen molar-refractivity contribution in [1.82, 2.24) is 0 Å². The lowest BCUT2D eigenvalue weighted by atomic mass is 9.70. The maximum atomic E-state index is 10.9. The Morgan fingerprint density at radius 2 is 2.20 bits per heavy atom. The molecule has 1 aromatic rings. The molecule has 0 aliphatic heterocycles. The van der Waals surface area contributed by atoms with Crippen molar-refractivity contribution in [3.05, 3.63) is 34.9 Å². The fourth-order valence-corrected chi connectivity index (χ4v) is 2.54. The van der Waals surface area contributed by atoms with Gasteiger partial charge in [0.05, 0.1) is 0 Å². The molecule has 1 fully saturated rings. The van der Waals surface area contributed by atoms with Gasteiger partial charge in [0, 0.05) is 11.4 Å². The fourth-order valence-electron chi connectivity index (χ4n) is 2.34. The number of rotatable bonds is 3. The molecule has 2 heteroatoms. The van der Waals surface area contributed by atoms with Crippen LogP contribution in [-0.4, -0.2) is 5.78 Å². The lowest BCUT2D eigenvalue weighted by Crippen LogP contribution is -2.23. The second-order valence-corrected chi connectivity index (χ2v) is 4.93. The molecule has 1 aliphatic carbocycles. The Morgan fingerprint density at radius 3 is 2.80 bits per heavy atom. The van der Waals surface area contributed by atoms with Crippen molar-refractivity contribution in [3.8, 4) is 0 Å². The van der Waals surface area contributed by atoms with Crippen LogP contribution in [-0.2, 0) is 4.79 Å². The van der Waals surface area contributed by atoms with Crippen LogP contribution in [0.3, 0.4) is 0 Å². The third-order valence-electron chi connectivity index (χ3n) is 3.13. The number of hydrogen-bond donors (Lipinski definition) is 0. The highest BCUT2D eigenvalue weighted by Crippen LogP contribution is 2.43. The van der Waals surface area contributed by atoms with Crippen molar-refractivity contribution in [2.75, 3.05) is 0 Å². The van der Waals surface area contributed by atoms with Crippen molar-refractivity contribution in [2.45, 2.75) is 32.1 Å². The molecule has 0 bridgehead atoms. The third-order valence-corrected chi connectivity index (χ3v) is 3.37. The quantitative estimate of drug-likeness (QED) is 0.760. The standard InChI is InChI=1S/C13H15ClO/c1-9(15)5-10-6-12(7-10)11-3-2-4-13(14)8-11/h2-4,8,10,12H,5-7H2,1H3. The second kappa shape index (κ2) is 4.36. The van der Waals surface area contributed by atoms with Crippen molar-refractivity contribution < 1.29 is 4.79 Å². The molecule has 80 valence electrons. The molecule has 0 heterocycles. The number of hydrogen-bond acceptors (Lipinski definition) is 1. The Labute approximate surface area is 95.4 Å². The van der Waals surface area contributed by atoms with Gasteiger partial charge in [0.25, 0.3) is 0 Å².